The van der Waals surface area contributed by atoms with Crippen LogP contribution in [-0.4, -0.2) is 24.0 Å². The van der Waals surface area contributed by atoms with Crippen molar-refractivity contribution in [3.63, 3.8) is 0 Å². The molecule has 0 radical (unpaired) electrons. The molecule has 0 aromatic carbocycles. The third-order valence-electron chi connectivity index (χ3n) is 4.40. The average Bonchev–Trinajstić information content (AvgIpc) is 2.72. The molecule has 0 spiro atoms. The Morgan fingerprint density at radius 1 is 1.30 bits per heavy atom. The molecule has 1 aromatic rings. The van der Waals surface area contributed by atoms with Crippen molar-refractivity contribution in [3.8, 4) is 0 Å². The summed E-state index contributed by atoms with van der Waals surface area (Å²) < 4.78 is 5.34. The minimum atomic E-state index is -0.752. The maximum absolute atomic E-state index is 12.2. The van der Waals surface area contributed by atoms with Gasteiger partial charge in [-0.3, -0.25) is 4.79 Å². The van der Waals surface area contributed by atoms with Gasteiger partial charge in [-0.05, 0) is 44.7 Å². The van der Waals surface area contributed by atoms with Crippen molar-refractivity contribution in [3.05, 3.63) is 21.4 Å². The highest BCUT2D eigenvalue weighted by atomic mass is 32.1. The molecule has 0 saturated heterocycles. The van der Waals surface area contributed by atoms with Gasteiger partial charge in [0.25, 0.3) is 5.91 Å². The van der Waals surface area contributed by atoms with Crippen LogP contribution in [0, 0.1) is 6.92 Å². The lowest BCUT2D eigenvalue weighted by Gasteiger charge is -2.19. The van der Waals surface area contributed by atoms with Crippen molar-refractivity contribution >= 4 is 23.2 Å². The largest absolute Gasteiger partial charge is 0.448 e. The number of carbonyl (C=O) groups is 2. The molecule has 1 aromatic heterocycles. The molecule has 1 aliphatic rings. The fourth-order valence-electron chi connectivity index (χ4n) is 2.99. The molecule has 1 heterocycles. The number of nitrogens with one attached hydrogen (secondary N) is 1. The minimum absolute atomic E-state index is 0.186. The van der Waals surface area contributed by atoms with Crippen molar-refractivity contribution in [1.29, 1.82) is 0 Å². The zero-order chi connectivity index (χ0) is 16.8. The summed E-state index contributed by atoms with van der Waals surface area (Å²) in [6, 6.07) is 2.07. The Kier molecular flexibility index (Phi) is 6.63. The molecular weight excluding hydrogens is 310 g/mol. The van der Waals surface area contributed by atoms with E-state index < -0.39 is 12.1 Å². The van der Waals surface area contributed by atoms with Crippen LogP contribution in [-0.2, 0) is 16.0 Å². The number of rotatable bonds is 5. The zero-order valence-corrected chi connectivity index (χ0v) is 15.1. The molecule has 0 bridgehead atoms. The summed E-state index contributed by atoms with van der Waals surface area (Å²) >= 11 is 1.45. The molecule has 1 saturated carbocycles. The molecular formula is C18H27NO3S. The topological polar surface area (TPSA) is 55.4 Å². The second-order valence-corrected chi connectivity index (χ2v) is 7.45. The molecule has 1 atom stereocenters. The van der Waals surface area contributed by atoms with Crippen molar-refractivity contribution in [2.24, 2.45) is 0 Å². The van der Waals surface area contributed by atoms with E-state index in [-0.39, 0.29) is 11.9 Å². The molecule has 5 heteroatoms. The molecule has 1 aliphatic carbocycles. The molecule has 0 aliphatic heterocycles. The number of thiophene rings is 1. The highest BCUT2D eigenvalue weighted by Gasteiger charge is 2.23. The molecule has 4 nitrogen and oxygen atoms in total. The third kappa shape index (κ3) is 5.06. The number of aryl methyl sites for hydroxylation is 2. The first-order valence-electron chi connectivity index (χ1n) is 8.62. The van der Waals surface area contributed by atoms with Gasteiger partial charge in [0, 0.05) is 10.9 Å². The van der Waals surface area contributed by atoms with E-state index >= 15 is 0 Å². The lowest BCUT2D eigenvalue weighted by atomic mass is 10.1. The van der Waals surface area contributed by atoms with Crippen molar-refractivity contribution in [2.75, 3.05) is 0 Å². The number of hydrogen-bond acceptors (Lipinski definition) is 4. The van der Waals surface area contributed by atoms with Gasteiger partial charge < -0.3 is 10.1 Å². The van der Waals surface area contributed by atoms with Crippen molar-refractivity contribution in [1.82, 2.24) is 5.32 Å². The fraction of sp³-hybridized carbons (Fsp3) is 0.667. The summed E-state index contributed by atoms with van der Waals surface area (Å²) in [5.41, 5.74) is 1.11. The van der Waals surface area contributed by atoms with Gasteiger partial charge >= 0.3 is 5.97 Å². The van der Waals surface area contributed by atoms with Gasteiger partial charge in [0.2, 0.25) is 0 Å². The fourth-order valence-corrected chi connectivity index (χ4v) is 3.98. The lowest BCUT2D eigenvalue weighted by molar-refractivity contribution is -0.129. The van der Waals surface area contributed by atoms with E-state index in [1.807, 2.05) is 13.0 Å². The summed E-state index contributed by atoms with van der Waals surface area (Å²) in [5.74, 6) is -0.587. The molecule has 0 unspecified atom stereocenters. The average molecular weight is 337 g/mol. The Morgan fingerprint density at radius 3 is 2.52 bits per heavy atom. The van der Waals surface area contributed by atoms with E-state index in [0.29, 0.717) is 4.88 Å². The van der Waals surface area contributed by atoms with Crippen LogP contribution in [0.1, 0.15) is 72.5 Å². The van der Waals surface area contributed by atoms with E-state index in [2.05, 4.69) is 12.2 Å². The van der Waals surface area contributed by atoms with Crippen LogP contribution >= 0.6 is 11.3 Å². The number of carbonyl (C=O) groups excluding carboxylic acids is 2. The lowest BCUT2D eigenvalue weighted by Crippen LogP contribution is -2.41. The van der Waals surface area contributed by atoms with Crippen LogP contribution in [0.2, 0.25) is 0 Å². The minimum Gasteiger partial charge on any atom is -0.448 e. The van der Waals surface area contributed by atoms with Gasteiger partial charge in [0.05, 0.1) is 0 Å². The first kappa shape index (κ1) is 18.0. The second kappa shape index (κ2) is 8.48. The SMILES string of the molecule is CCc1sc(C(=O)O[C@H](C)C(=O)NC2CCCCCC2)cc1C. The molecule has 23 heavy (non-hydrogen) atoms. The van der Waals surface area contributed by atoms with E-state index in [1.54, 1.807) is 6.92 Å². The predicted octanol–water partition coefficient (Wildman–Crippen LogP) is 4.00. The summed E-state index contributed by atoms with van der Waals surface area (Å²) in [7, 11) is 0. The number of hydrogen-bond donors (Lipinski definition) is 1. The smallest absolute Gasteiger partial charge is 0.349 e. The van der Waals surface area contributed by atoms with Crippen LogP contribution in [0.5, 0.6) is 0 Å². The van der Waals surface area contributed by atoms with Crippen LogP contribution in [0.15, 0.2) is 6.07 Å². The molecule has 1 N–H and O–H groups in total. The molecule has 128 valence electrons. The summed E-state index contributed by atoms with van der Waals surface area (Å²) in [6.45, 7) is 5.70. The summed E-state index contributed by atoms with van der Waals surface area (Å²) in [5, 5.41) is 3.03. The van der Waals surface area contributed by atoms with E-state index in [9.17, 15) is 9.59 Å². The predicted molar refractivity (Wildman–Crippen MR) is 92.9 cm³/mol. The molecule has 1 amide bonds. The maximum Gasteiger partial charge on any atom is 0.349 e. The van der Waals surface area contributed by atoms with Gasteiger partial charge in [-0.2, -0.15) is 0 Å². The van der Waals surface area contributed by atoms with E-state index in [4.69, 9.17) is 4.74 Å². The van der Waals surface area contributed by atoms with Gasteiger partial charge in [-0.15, -0.1) is 11.3 Å². The second-order valence-electron chi connectivity index (χ2n) is 6.32. The Balaban J connectivity index is 1.87. The zero-order valence-electron chi connectivity index (χ0n) is 14.3. The highest BCUT2D eigenvalue weighted by molar-refractivity contribution is 7.14. The van der Waals surface area contributed by atoms with Gasteiger partial charge in [-0.1, -0.05) is 32.6 Å². The van der Waals surface area contributed by atoms with Gasteiger partial charge in [-0.25, -0.2) is 4.79 Å². The van der Waals surface area contributed by atoms with Crippen LogP contribution in [0.25, 0.3) is 0 Å². The Labute approximate surface area is 142 Å². The maximum atomic E-state index is 12.2. The number of amides is 1. The quantitative estimate of drug-likeness (QED) is 0.652. The van der Waals surface area contributed by atoms with E-state index in [0.717, 1.165) is 37.7 Å². The number of ether oxygens (including phenoxy) is 1. The Morgan fingerprint density at radius 2 is 1.96 bits per heavy atom. The van der Waals surface area contributed by atoms with E-state index in [1.165, 1.54) is 29.1 Å². The van der Waals surface area contributed by atoms with Crippen LogP contribution < -0.4 is 5.32 Å². The standard InChI is InChI=1S/C18H27NO3S/c1-4-15-12(2)11-16(23-15)18(21)22-13(3)17(20)19-14-9-7-5-6-8-10-14/h11,13-14H,4-10H2,1-3H3,(H,19,20)/t13-/m1/s1. The first-order chi connectivity index (χ1) is 11.0. The Hall–Kier alpha value is -1.36. The van der Waals surface area contributed by atoms with Gasteiger partial charge in [0.1, 0.15) is 4.88 Å². The van der Waals surface area contributed by atoms with Gasteiger partial charge in [0.15, 0.2) is 6.10 Å². The monoisotopic (exact) mass is 337 g/mol. The molecule has 2 rings (SSSR count). The number of esters is 1. The molecule has 1 fully saturated rings. The van der Waals surface area contributed by atoms with Crippen molar-refractivity contribution < 1.29 is 14.3 Å². The highest BCUT2D eigenvalue weighted by Crippen LogP contribution is 2.23. The third-order valence-corrected chi connectivity index (χ3v) is 5.76. The van der Waals surface area contributed by atoms with Crippen molar-refractivity contribution in [2.45, 2.75) is 77.9 Å². The summed E-state index contributed by atoms with van der Waals surface area (Å²) in [6.07, 6.45) is 7.01. The van der Waals surface area contributed by atoms with Crippen LogP contribution in [0.4, 0.5) is 0 Å². The normalized spacial score (nSPS) is 17.3. The Bertz CT molecular complexity index is 544. The van der Waals surface area contributed by atoms with Crippen LogP contribution in [0.3, 0.4) is 0 Å². The first-order valence-corrected chi connectivity index (χ1v) is 9.43. The summed E-state index contributed by atoms with van der Waals surface area (Å²) in [4.78, 5) is 26.2.